The quantitative estimate of drug-likeness (QED) is 0.611. The molecule has 0 saturated heterocycles. The van der Waals surface area contributed by atoms with Gasteiger partial charge in [0.15, 0.2) is 5.82 Å². The van der Waals surface area contributed by atoms with Crippen molar-refractivity contribution in [3.63, 3.8) is 0 Å². The first-order valence-corrected chi connectivity index (χ1v) is 6.97. The fraction of sp³-hybridized carbons (Fsp3) is 0.231. The summed E-state index contributed by atoms with van der Waals surface area (Å²) in [5.41, 5.74) is 2.42. The standard InChI is InChI=1S/C13H14BrFN4O2/c1-2-20-7-12-17-11(19-16)6-13(18-12)21-8-3-4-9(14)10(15)5-8/h3-6H,2,7,16H2,1H3,(H,17,18,19). The van der Waals surface area contributed by atoms with Gasteiger partial charge in [0.05, 0.1) is 4.47 Å². The molecule has 1 heterocycles. The molecular weight excluding hydrogens is 343 g/mol. The summed E-state index contributed by atoms with van der Waals surface area (Å²) in [5, 5.41) is 0. The summed E-state index contributed by atoms with van der Waals surface area (Å²) < 4.78 is 24.6. The Bertz CT molecular complexity index is 627. The lowest BCUT2D eigenvalue weighted by Gasteiger charge is -2.09. The SMILES string of the molecule is CCOCc1nc(NN)cc(Oc2ccc(Br)c(F)c2)n1. The fourth-order valence-corrected chi connectivity index (χ4v) is 1.76. The molecule has 0 unspecified atom stereocenters. The average Bonchev–Trinajstić information content (AvgIpc) is 2.48. The molecule has 2 rings (SSSR count). The van der Waals surface area contributed by atoms with E-state index >= 15 is 0 Å². The zero-order valence-electron chi connectivity index (χ0n) is 11.3. The van der Waals surface area contributed by atoms with Crippen LogP contribution in [0, 0.1) is 5.82 Å². The van der Waals surface area contributed by atoms with Crippen molar-refractivity contribution >= 4 is 21.7 Å². The van der Waals surface area contributed by atoms with Crippen molar-refractivity contribution in [1.82, 2.24) is 9.97 Å². The largest absolute Gasteiger partial charge is 0.439 e. The lowest BCUT2D eigenvalue weighted by Crippen LogP contribution is -2.11. The maximum absolute atomic E-state index is 13.5. The monoisotopic (exact) mass is 356 g/mol. The third-order valence-corrected chi connectivity index (χ3v) is 3.09. The second-order valence-corrected chi connectivity index (χ2v) is 4.82. The van der Waals surface area contributed by atoms with Crippen molar-refractivity contribution < 1.29 is 13.9 Å². The summed E-state index contributed by atoms with van der Waals surface area (Å²) in [6.45, 7) is 2.64. The van der Waals surface area contributed by atoms with Gasteiger partial charge in [0.25, 0.3) is 0 Å². The van der Waals surface area contributed by atoms with Crippen LogP contribution in [-0.4, -0.2) is 16.6 Å². The van der Waals surface area contributed by atoms with Gasteiger partial charge >= 0.3 is 0 Å². The van der Waals surface area contributed by atoms with Crippen molar-refractivity contribution in [1.29, 1.82) is 0 Å². The van der Waals surface area contributed by atoms with E-state index in [9.17, 15) is 4.39 Å². The summed E-state index contributed by atoms with van der Waals surface area (Å²) in [6.07, 6.45) is 0. The predicted octanol–water partition coefficient (Wildman–Crippen LogP) is 2.99. The first-order valence-electron chi connectivity index (χ1n) is 6.17. The average molecular weight is 357 g/mol. The van der Waals surface area contributed by atoms with E-state index < -0.39 is 5.82 Å². The first-order chi connectivity index (χ1) is 10.1. The molecule has 2 aromatic rings. The topological polar surface area (TPSA) is 82.3 Å². The summed E-state index contributed by atoms with van der Waals surface area (Å²) >= 11 is 3.08. The Morgan fingerprint density at radius 1 is 1.33 bits per heavy atom. The van der Waals surface area contributed by atoms with E-state index in [1.807, 2.05) is 6.92 Å². The Balaban J connectivity index is 2.23. The van der Waals surface area contributed by atoms with Gasteiger partial charge in [-0.2, -0.15) is 4.98 Å². The molecule has 0 fully saturated rings. The van der Waals surface area contributed by atoms with Crippen LogP contribution in [0.1, 0.15) is 12.7 Å². The predicted molar refractivity (Wildman–Crippen MR) is 79.3 cm³/mol. The van der Waals surface area contributed by atoms with Gasteiger partial charge in [-0.05, 0) is 35.0 Å². The highest BCUT2D eigenvalue weighted by molar-refractivity contribution is 9.10. The van der Waals surface area contributed by atoms with E-state index in [2.05, 4.69) is 31.3 Å². The second kappa shape index (κ2) is 7.30. The minimum atomic E-state index is -0.423. The number of anilines is 1. The summed E-state index contributed by atoms with van der Waals surface area (Å²) in [7, 11) is 0. The van der Waals surface area contributed by atoms with Crippen LogP contribution >= 0.6 is 15.9 Å². The first kappa shape index (κ1) is 15.6. The van der Waals surface area contributed by atoms with E-state index in [1.165, 1.54) is 12.1 Å². The molecular formula is C13H14BrFN4O2. The highest BCUT2D eigenvalue weighted by Gasteiger charge is 2.08. The molecule has 1 aromatic carbocycles. The molecule has 3 N–H and O–H groups in total. The molecule has 21 heavy (non-hydrogen) atoms. The molecule has 1 aromatic heterocycles. The summed E-state index contributed by atoms with van der Waals surface area (Å²) in [5.74, 6) is 6.29. The number of hydrogen-bond donors (Lipinski definition) is 2. The Kier molecular flexibility index (Phi) is 5.43. The third kappa shape index (κ3) is 4.35. The number of nitrogens with two attached hydrogens (primary N) is 1. The van der Waals surface area contributed by atoms with Crippen LogP contribution in [0.25, 0.3) is 0 Å². The lowest BCUT2D eigenvalue weighted by atomic mass is 10.3. The Morgan fingerprint density at radius 3 is 2.81 bits per heavy atom. The van der Waals surface area contributed by atoms with E-state index in [0.29, 0.717) is 28.5 Å². The normalized spacial score (nSPS) is 10.5. The zero-order chi connectivity index (χ0) is 15.2. The van der Waals surface area contributed by atoms with Crippen LogP contribution in [0.4, 0.5) is 10.2 Å². The molecule has 0 radical (unpaired) electrons. The van der Waals surface area contributed by atoms with E-state index in [1.54, 1.807) is 12.1 Å². The maximum Gasteiger partial charge on any atom is 0.224 e. The number of ether oxygens (including phenoxy) is 2. The number of benzene rings is 1. The number of rotatable bonds is 6. The molecule has 0 atom stereocenters. The van der Waals surface area contributed by atoms with Crippen molar-refractivity contribution in [2.24, 2.45) is 5.84 Å². The third-order valence-electron chi connectivity index (χ3n) is 2.45. The Morgan fingerprint density at radius 2 is 2.14 bits per heavy atom. The Labute approximate surface area is 129 Å². The van der Waals surface area contributed by atoms with Gasteiger partial charge in [0.2, 0.25) is 5.88 Å². The van der Waals surface area contributed by atoms with Crippen LogP contribution in [0.15, 0.2) is 28.7 Å². The fourth-order valence-electron chi connectivity index (χ4n) is 1.52. The smallest absolute Gasteiger partial charge is 0.224 e. The minimum Gasteiger partial charge on any atom is -0.439 e. The van der Waals surface area contributed by atoms with Crippen LogP contribution in [0.2, 0.25) is 0 Å². The van der Waals surface area contributed by atoms with Crippen molar-refractivity contribution in [2.75, 3.05) is 12.0 Å². The van der Waals surface area contributed by atoms with Gasteiger partial charge in [0, 0.05) is 18.7 Å². The van der Waals surface area contributed by atoms with Crippen molar-refractivity contribution in [3.05, 3.63) is 40.4 Å². The van der Waals surface area contributed by atoms with E-state index in [-0.39, 0.29) is 12.5 Å². The molecule has 0 saturated carbocycles. The van der Waals surface area contributed by atoms with E-state index in [0.717, 1.165) is 0 Å². The van der Waals surface area contributed by atoms with Gasteiger partial charge in [-0.1, -0.05) is 0 Å². The van der Waals surface area contributed by atoms with E-state index in [4.69, 9.17) is 15.3 Å². The maximum atomic E-state index is 13.5. The van der Waals surface area contributed by atoms with Crippen molar-refractivity contribution in [2.45, 2.75) is 13.5 Å². The molecule has 8 heteroatoms. The number of hydrogen-bond acceptors (Lipinski definition) is 6. The number of nitrogens with zero attached hydrogens (tertiary/aromatic N) is 2. The van der Waals surface area contributed by atoms with Gasteiger partial charge in [-0.25, -0.2) is 15.2 Å². The van der Waals surface area contributed by atoms with Gasteiger partial charge in [-0.3, -0.25) is 0 Å². The number of nitrogens with one attached hydrogen (secondary N) is 1. The van der Waals surface area contributed by atoms with Gasteiger partial charge in [0.1, 0.15) is 24.0 Å². The number of hydrazine groups is 1. The van der Waals surface area contributed by atoms with Crippen molar-refractivity contribution in [3.8, 4) is 11.6 Å². The molecule has 0 bridgehead atoms. The van der Waals surface area contributed by atoms with Gasteiger partial charge in [-0.15, -0.1) is 0 Å². The lowest BCUT2D eigenvalue weighted by molar-refractivity contribution is 0.128. The number of nitrogen functional groups attached to an aromatic ring is 1. The highest BCUT2D eigenvalue weighted by Crippen LogP contribution is 2.25. The molecule has 0 aliphatic heterocycles. The highest BCUT2D eigenvalue weighted by atomic mass is 79.9. The molecule has 112 valence electrons. The van der Waals surface area contributed by atoms with Gasteiger partial charge < -0.3 is 14.9 Å². The Hall–Kier alpha value is -1.77. The molecule has 6 nitrogen and oxygen atoms in total. The molecule has 0 aliphatic carbocycles. The summed E-state index contributed by atoms with van der Waals surface area (Å²) in [6, 6.07) is 5.93. The summed E-state index contributed by atoms with van der Waals surface area (Å²) in [4.78, 5) is 8.31. The van der Waals surface area contributed by atoms with Crippen LogP contribution in [0.3, 0.4) is 0 Å². The second-order valence-electron chi connectivity index (χ2n) is 3.97. The van der Waals surface area contributed by atoms with Crippen LogP contribution < -0.4 is 16.0 Å². The van der Waals surface area contributed by atoms with Crippen LogP contribution in [0.5, 0.6) is 11.6 Å². The number of halogens is 2. The molecule has 0 amide bonds. The number of aromatic nitrogens is 2. The van der Waals surface area contributed by atoms with Crippen LogP contribution in [-0.2, 0) is 11.3 Å². The molecule has 0 aliphatic rings. The molecule has 0 spiro atoms. The zero-order valence-corrected chi connectivity index (χ0v) is 12.9. The minimum absolute atomic E-state index is 0.233.